The number of aliphatic hydroxyl groups excluding tert-OH is 2. The smallest absolute Gasteiger partial charge is 0.340 e. The van der Waals surface area contributed by atoms with E-state index in [4.69, 9.17) is 10.2 Å². The second kappa shape index (κ2) is 4.02. The predicted molar refractivity (Wildman–Crippen MR) is 34.0 cm³/mol. The molecule has 0 aromatic rings. The molecule has 0 aromatic heterocycles. The highest BCUT2D eigenvalue weighted by molar-refractivity contribution is 5.86. The van der Waals surface area contributed by atoms with Gasteiger partial charge >= 0.3 is 5.91 Å². The summed E-state index contributed by atoms with van der Waals surface area (Å²) in [5.74, 6) is -1.70. The number of carbonyl (C=O) groups is 2. The van der Waals surface area contributed by atoms with Crippen LogP contribution in [0.5, 0.6) is 0 Å². The molecule has 0 bridgehead atoms. The molecule has 0 saturated heterocycles. The molecule has 0 saturated carbocycles. The van der Waals surface area contributed by atoms with Gasteiger partial charge in [0.2, 0.25) is 6.10 Å². The van der Waals surface area contributed by atoms with Gasteiger partial charge in [-0.15, -0.1) is 0 Å². The van der Waals surface area contributed by atoms with Crippen molar-refractivity contribution in [2.24, 2.45) is 0 Å². The summed E-state index contributed by atoms with van der Waals surface area (Å²) < 4.78 is 0. The van der Waals surface area contributed by atoms with Crippen LogP contribution in [0.25, 0.3) is 0 Å². The molecule has 2 atom stereocenters. The molecule has 2 amide bonds. The van der Waals surface area contributed by atoms with Crippen molar-refractivity contribution in [3.8, 4) is 0 Å². The van der Waals surface area contributed by atoms with E-state index in [-0.39, 0.29) is 0 Å². The third-order valence-electron chi connectivity index (χ3n) is 1.14. The van der Waals surface area contributed by atoms with Crippen LogP contribution >= 0.6 is 0 Å². The van der Waals surface area contributed by atoms with Crippen LogP contribution in [0.1, 0.15) is 0 Å². The van der Waals surface area contributed by atoms with Crippen molar-refractivity contribution in [3.63, 3.8) is 0 Å². The molecule has 2 unspecified atom stereocenters. The van der Waals surface area contributed by atoms with Crippen molar-refractivity contribution >= 4 is 11.8 Å². The van der Waals surface area contributed by atoms with Crippen LogP contribution in [-0.2, 0) is 9.59 Å². The maximum absolute atomic E-state index is 10.6. The summed E-state index contributed by atoms with van der Waals surface area (Å²) in [6.45, 7) is 0. The molecule has 0 radical (unpaired) electrons. The van der Waals surface area contributed by atoms with Crippen molar-refractivity contribution in [1.29, 1.82) is 0 Å². The van der Waals surface area contributed by atoms with E-state index < -0.39 is 24.0 Å². The fraction of sp³-hybridized carbons (Fsp3) is 0.600. The zero-order valence-electron chi connectivity index (χ0n) is 6.07. The number of nitrogens with one attached hydrogen (secondary N) is 1. The molecule has 64 valence electrons. The molecule has 11 heavy (non-hydrogen) atoms. The monoisotopic (exact) mass is 163 g/mol. The van der Waals surface area contributed by atoms with Crippen LogP contribution in [-0.4, -0.2) is 41.3 Å². The van der Waals surface area contributed by atoms with Gasteiger partial charge in [-0.2, -0.15) is 0 Å². The first-order valence-electron chi connectivity index (χ1n) is 2.94. The molecule has 0 fully saturated rings. The lowest BCUT2D eigenvalue weighted by Gasteiger charge is -2.10. The van der Waals surface area contributed by atoms with Gasteiger partial charge in [0.05, 0.1) is 0 Å². The highest BCUT2D eigenvalue weighted by atomic mass is 16.3. The minimum Gasteiger partial charge on any atom is -0.380 e. The summed E-state index contributed by atoms with van der Waals surface area (Å²) in [5.41, 5.74) is 2.85. The summed E-state index contributed by atoms with van der Waals surface area (Å²) in [6, 6.07) is 0. The lowest BCUT2D eigenvalue weighted by atomic mass is 10.2. The largest absolute Gasteiger partial charge is 0.380 e. The van der Waals surface area contributed by atoms with Crippen LogP contribution < -0.4 is 11.1 Å². The molecule has 0 spiro atoms. The predicted octanol–water partition coefficient (Wildman–Crippen LogP) is -3.78. The van der Waals surface area contributed by atoms with Crippen molar-refractivity contribution in [2.45, 2.75) is 12.2 Å². The molecule has 6 N–H and O–H groups in total. The van der Waals surface area contributed by atoms with Crippen LogP contribution in [0.4, 0.5) is 0 Å². The zero-order chi connectivity index (χ0) is 9.02. The highest BCUT2D eigenvalue weighted by Gasteiger charge is 2.29. The topological polar surface area (TPSA) is 114 Å². The SMILES string of the molecule is CNC(=O)C(O)C(O)C([NH3+])=O. The van der Waals surface area contributed by atoms with E-state index in [9.17, 15) is 9.59 Å². The third-order valence-corrected chi connectivity index (χ3v) is 1.14. The average molecular weight is 163 g/mol. The normalized spacial score (nSPS) is 15.3. The first-order chi connectivity index (χ1) is 5.00. The molecule has 0 aliphatic carbocycles. The van der Waals surface area contributed by atoms with E-state index in [1.807, 2.05) is 0 Å². The molecule has 0 aromatic carbocycles. The van der Waals surface area contributed by atoms with Crippen molar-refractivity contribution in [3.05, 3.63) is 0 Å². The Labute approximate surface area is 63.0 Å². The number of amides is 2. The van der Waals surface area contributed by atoms with Crippen LogP contribution in [0.15, 0.2) is 0 Å². The summed E-state index contributed by atoms with van der Waals surface area (Å²) in [4.78, 5) is 20.9. The number of hydrogen-bond donors (Lipinski definition) is 4. The number of likely N-dealkylation sites (N-methyl/N-ethyl adjacent to an activating group) is 1. The van der Waals surface area contributed by atoms with Crippen LogP contribution in [0, 0.1) is 0 Å². The third kappa shape index (κ3) is 2.62. The van der Waals surface area contributed by atoms with Gasteiger partial charge in [-0.1, -0.05) is 0 Å². The van der Waals surface area contributed by atoms with Gasteiger partial charge in [0, 0.05) is 7.05 Å². The highest BCUT2D eigenvalue weighted by Crippen LogP contribution is 1.90. The first kappa shape index (κ1) is 10.0. The Balaban J connectivity index is 4.12. The molecule has 0 aliphatic heterocycles. The summed E-state index contributed by atoms with van der Waals surface area (Å²) in [6.07, 6.45) is -3.47. The van der Waals surface area contributed by atoms with Gasteiger partial charge in [0.1, 0.15) is 0 Å². The lowest BCUT2D eigenvalue weighted by molar-refractivity contribution is -0.317. The Bertz CT molecular complexity index is 170. The van der Waals surface area contributed by atoms with Crippen molar-refractivity contribution < 1.29 is 25.5 Å². The van der Waals surface area contributed by atoms with Gasteiger partial charge in [-0.25, -0.2) is 4.79 Å². The standard InChI is InChI=1S/C5H10N2O4/c1-7-5(11)3(9)2(8)4(6)10/h2-3,8-9H,1H3,(H2,6,10)(H,7,11)/p+1. The van der Waals surface area contributed by atoms with Gasteiger partial charge in [-0.3, -0.25) is 10.5 Å². The summed E-state index contributed by atoms with van der Waals surface area (Å²) >= 11 is 0. The minimum absolute atomic E-state index is 0.811. The van der Waals surface area contributed by atoms with E-state index >= 15 is 0 Å². The number of rotatable bonds is 3. The fourth-order valence-electron chi connectivity index (χ4n) is 0.467. The Morgan fingerprint density at radius 2 is 1.82 bits per heavy atom. The minimum atomic E-state index is -1.74. The lowest BCUT2D eigenvalue weighted by Crippen LogP contribution is -2.66. The Morgan fingerprint density at radius 1 is 1.36 bits per heavy atom. The molecule has 0 aliphatic rings. The Kier molecular flexibility index (Phi) is 3.66. The van der Waals surface area contributed by atoms with E-state index in [1.165, 1.54) is 7.05 Å². The second-order valence-corrected chi connectivity index (χ2v) is 1.97. The molecular formula is C5H11N2O4+. The maximum atomic E-state index is 10.6. The van der Waals surface area contributed by atoms with Crippen LogP contribution in [0.2, 0.25) is 0 Å². The first-order valence-corrected chi connectivity index (χ1v) is 2.94. The molecule has 6 heteroatoms. The van der Waals surface area contributed by atoms with E-state index in [1.54, 1.807) is 0 Å². The fourth-order valence-corrected chi connectivity index (χ4v) is 0.467. The Morgan fingerprint density at radius 3 is 2.09 bits per heavy atom. The van der Waals surface area contributed by atoms with E-state index in [2.05, 4.69) is 11.1 Å². The molecular weight excluding hydrogens is 152 g/mol. The molecule has 6 nitrogen and oxygen atoms in total. The van der Waals surface area contributed by atoms with E-state index in [0.717, 1.165) is 0 Å². The quantitative estimate of drug-likeness (QED) is 0.342. The number of quaternary nitrogens is 1. The van der Waals surface area contributed by atoms with Crippen molar-refractivity contribution in [2.75, 3.05) is 7.05 Å². The number of carbonyl (C=O) groups excluding carboxylic acids is 2. The average Bonchev–Trinajstić information content (AvgIpc) is 2.00. The van der Waals surface area contributed by atoms with Crippen molar-refractivity contribution in [1.82, 2.24) is 5.32 Å². The van der Waals surface area contributed by atoms with Gasteiger partial charge in [0.15, 0.2) is 6.10 Å². The van der Waals surface area contributed by atoms with Gasteiger partial charge in [0.25, 0.3) is 5.91 Å². The number of hydrogen-bond acceptors (Lipinski definition) is 4. The Hall–Kier alpha value is -0.980. The second-order valence-electron chi connectivity index (χ2n) is 1.97. The van der Waals surface area contributed by atoms with Gasteiger partial charge < -0.3 is 15.5 Å². The molecule has 0 heterocycles. The van der Waals surface area contributed by atoms with Gasteiger partial charge in [-0.05, 0) is 0 Å². The molecule has 0 rings (SSSR count). The van der Waals surface area contributed by atoms with Crippen LogP contribution in [0.3, 0.4) is 0 Å². The summed E-state index contributed by atoms with van der Waals surface area (Å²) in [7, 11) is 1.28. The zero-order valence-corrected chi connectivity index (χ0v) is 6.07. The number of aliphatic hydroxyl groups is 2. The van der Waals surface area contributed by atoms with E-state index in [0.29, 0.717) is 0 Å². The maximum Gasteiger partial charge on any atom is 0.340 e. The summed E-state index contributed by atoms with van der Waals surface area (Å²) in [5, 5.41) is 19.7.